The van der Waals surface area contributed by atoms with E-state index in [2.05, 4.69) is 24.3 Å². The largest absolute Gasteiger partial charge is 0.496 e. The predicted octanol–water partition coefficient (Wildman–Crippen LogP) is 5.29. The number of ether oxygens (including phenoxy) is 4. The third-order valence-corrected chi connectivity index (χ3v) is 4.99. The van der Waals surface area contributed by atoms with Crippen LogP contribution >= 0.6 is 0 Å². The van der Waals surface area contributed by atoms with Gasteiger partial charge in [0.15, 0.2) is 0 Å². The molecule has 0 heterocycles. The Morgan fingerprint density at radius 1 is 0.519 bits per heavy atom. The molecule has 27 heavy (non-hydrogen) atoms. The first-order valence-corrected chi connectivity index (χ1v) is 9.47. The highest BCUT2D eigenvalue weighted by atomic mass is 16.5. The van der Waals surface area contributed by atoms with Crippen molar-refractivity contribution in [2.45, 2.75) is 46.0 Å². The Bertz CT molecular complexity index is 689. The number of aryl methyl sites for hydroxylation is 4. The van der Waals surface area contributed by atoms with Crippen molar-refractivity contribution in [3.8, 4) is 23.0 Å². The van der Waals surface area contributed by atoms with Crippen LogP contribution in [0.1, 0.15) is 41.5 Å². The van der Waals surface area contributed by atoms with Crippen LogP contribution in [-0.2, 0) is 12.8 Å². The van der Waals surface area contributed by atoms with Crippen molar-refractivity contribution in [2.24, 2.45) is 0 Å². The van der Waals surface area contributed by atoms with Crippen molar-refractivity contribution in [3.63, 3.8) is 0 Å². The summed E-state index contributed by atoms with van der Waals surface area (Å²) in [6.45, 7) is 4.07. The maximum atomic E-state index is 5.53. The van der Waals surface area contributed by atoms with E-state index in [4.69, 9.17) is 18.9 Å². The van der Waals surface area contributed by atoms with Crippen molar-refractivity contribution in [1.29, 1.82) is 0 Å². The number of rotatable bonds is 10. The summed E-state index contributed by atoms with van der Waals surface area (Å²) in [7, 11) is 6.87. The van der Waals surface area contributed by atoms with Crippen molar-refractivity contribution in [3.05, 3.63) is 46.5 Å². The summed E-state index contributed by atoms with van der Waals surface area (Å²) in [5, 5.41) is 0. The Hall–Kier alpha value is -2.36. The minimum atomic E-state index is 0.919. The van der Waals surface area contributed by atoms with Gasteiger partial charge in [-0.15, -0.1) is 0 Å². The topological polar surface area (TPSA) is 36.9 Å². The molecule has 0 N–H and O–H groups in total. The van der Waals surface area contributed by atoms with Crippen molar-refractivity contribution in [1.82, 2.24) is 0 Å². The van der Waals surface area contributed by atoms with Gasteiger partial charge >= 0.3 is 0 Å². The Morgan fingerprint density at radius 2 is 0.889 bits per heavy atom. The second kappa shape index (κ2) is 10.1. The van der Waals surface area contributed by atoms with E-state index >= 15 is 0 Å². The standard InChI is InChI=1S/C23H32O4/c1-16-12-22(26-5)18(14-20(16)24-3)10-8-7-9-11-19-15-21(25-4)17(2)13-23(19)27-6/h12-15H,7-11H2,1-6H3. The van der Waals surface area contributed by atoms with Gasteiger partial charge < -0.3 is 18.9 Å². The molecule has 0 aliphatic rings. The van der Waals surface area contributed by atoms with Crippen LogP contribution in [0.4, 0.5) is 0 Å². The smallest absolute Gasteiger partial charge is 0.122 e. The summed E-state index contributed by atoms with van der Waals surface area (Å²) in [6, 6.07) is 8.30. The van der Waals surface area contributed by atoms with Gasteiger partial charge in [-0.3, -0.25) is 0 Å². The van der Waals surface area contributed by atoms with E-state index in [1.54, 1.807) is 28.4 Å². The van der Waals surface area contributed by atoms with Gasteiger partial charge in [-0.05, 0) is 86.1 Å². The van der Waals surface area contributed by atoms with Crippen LogP contribution < -0.4 is 18.9 Å². The molecule has 2 rings (SSSR count). The summed E-state index contributed by atoms with van der Waals surface area (Å²) in [4.78, 5) is 0. The van der Waals surface area contributed by atoms with E-state index in [9.17, 15) is 0 Å². The fourth-order valence-corrected chi connectivity index (χ4v) is 3.43. The van der Waals surface area contributed by atoms with E-state index in [-0.39, 0.29) is 0 Å². The average molecular weight is 373 g/mol. The number of hydrogen-bond acceptors (Lipinski definition) is 4. The van der Waals surface area contributed by atoms with Crippen LogP contribution in [0.2, 0.25) is 0 Å². The highest BCUT2D eigenvalue weighted by molar-refractivity contribution is 5.47. The predicted molar refractivity (Wildman–Crippen MR) is 110 cm³/mol. The van der Waals surface area contributed by atoms with Crippen LogP contribution in [-0.4, -0.2) is 28.4 Å². The Morgan fingerprint density at radius 3 is 1.22 bits per heavy atom. The zero-order chi connectivity index (χ0) is 19.8. The van der Waals surface area contributed by atoms with Gasteiger partial charge in [0.1, 0.15) is 23.0 Å². The van der Waals surface area contributed by atoms with Crippen LogP contribution in [0.15, 0.2) is 24.3 Å². The van der Waals surface area contributed by atoms with Crippen LogP contribution in [0.5, 0.6) is 23.0 Å². The van der Waals surface area contributed by atoms with E-state index < -0.39 is 0 Å². The molecule has 0 atom stereocenters. The van der Waals surface area contributed by atoms with E-state index in [0.29, 0.717) is 0 Å². The number of methoxy groups -OCH3 is 4. The molecule has 148 valence electrons. The summed E-state index contributed by atoms with van der Waals surface area (Å²) in [6.07, 6.45) is 5.31. The van der Waals surface area contributed by atoms with Gasteiger partial charge in [-0.2, -0.15) is 0 Å². The molecule has 0 aromatic heterocycles. The first kappa shape index (κ1) is 20.9. The van der Waals surface area contributed by atoms with Gasteiger partial charge in [0.25, 0.3) is 0 Å². The Labute approximate surface area is 163 Å². The molecule has 0 aliphatic heterocycles. The fourth-order valence-electron chi connectivity index (χ4n) is 3.43. The zero-order valence-electron chi connectivity index (χ0n) is 17.5. The molecule has 2 aromatic carbocycles. The van der Waals surface area contributed by atoms with Crippen LogP contribution in [0.25, 0.3) is 0 Å². The molecule has 0 bridgehead atoms. The van der Waals surface area contributed by atoms with Crippen molar-refractivity contribution >= 4 is 0 Å². The van der Waals surface area contributed by atoms with E-state index in [1.807, 2.05) is 13.8 Å². The van der Waals surface area contributed by atoms with Gasteiger partial charge in [-0.25, -0.2) is 0 Å². The molecule has 0 unspecified atom stereocenters. The van der Waals surface area contributed by atoms with Gasteiger partial charge in [0.2, 0.25) is 0 Å². The second-order valence-corrected chi connectivity index (χ2v) is 6.83. The molecular weight excluding hydrogens is 340 g/mol. The van der Waals surface area contributed by atoms with Crippen molar-refractivity contribution in [2.75, 3.05) is 28.4 Å². The zero-order valence-corrected chi connectivity index (χ0v) is 17.5. The van der Waals surface area contributed by atoms with E-state index in [1.165, 1.54) is 11.1 Å². The molecular formula is C23H32O4. The molecule has 0 saturated heterocycles. The van der Waals surface area contributed by atoms with Gasteiger partial charge in [0, 0.05) is 0 Å². The van der Waals surface area contributed by atoms with Crippen molar-refractivity contribution < 1.29 is 18.9 Å². The number of unbranched alkanes of at least 4 members (excludes halogenated alkanes) is 2. The summed E-state index contributed by atoms with van der Waals surface area (Å²) in [5.74, 6) is 3.72. The molecule has 0 radical (unpaired) electrons. The SMILES string of the molecule is COc1cc(CCCCCc2cc(OC)c(C)cc2OC)c(OC)cc1C. The number of hydrogen-bond donors (Lipinski definition) is 0. The monoisotopic (exact) mass is 372 g/mol. The number of benzene rings is 2. The fraction of sp³-hybridized carbons (Fsp3) is 0.478. The second-order valence-electron chi connectivity index (χ2n) is 6.83. The minimum Gasteiger partial charge on any atom is -0.496 e. The molecule has 0 spiro atoms. The first-order chi connectivity index (χ1) is 13.0. The summed E-state index contributed by atoms with van der Waals surface area (Å²) >= 11 is 0. The lowest BCUT2D eigenvalue weighted by Crippen LogP contribution is -1.98. The maximum absolute atomic E-state index is 5.53. The minimum absolute atomic E-state index is 0.919. The molecule has 4 nitrogen and oxygen atoms in total. The molecule has 4 heteroatoms. The Balaban J connectivity index is 1.93. The van der Waals surface area contributed by atoms with E-state index in [0.717, 1.165) is 66.2 Å². The molecule has 0 amide bonds. The lowest BCUT2D eigenvalue weighted by molar-refractivity contribution is 0.394. The normalized spacial score (nSPS) is 10.6. The maximum Gasteiger partial charge on any atom is 0.122 e. The molecule has 2 aromatic rings. The third-order valence-electron chi connectivity index (χ3n) is 4.99. The van der Waals surface area contributed by atoms with Gasteiger partial charge in [0.05, 0.1) is 28.4 Å². The lowest BCUT2D eigenvalue weighted by atomic mass is 10.00. The quantitative estimate of drug-likeness (QED) is 0.531. The summed E-state index contributed by atoms with van der Waals surface area (Å²) < 4.78 is 22.0. The summed E-state index contributed by atoms with van der Waals surface area (Å²) in [5.41, 5.74) is 4.60. The highest BCUT2D eigenvalue weighted by Crippen LogP contribution is 2.31. The first-order valence-electron chi connectivity index (χ1n) is 9.47. The average Bonchev–Trinajstić information content (AvgIpc) is 2.68. The lowest BCUT2D eigenvalue weighted by Gasteiger charge is -2.14. The molecule has 0 aliphatic carbocycles. The van der Waals surface area contributed by atoms with Crippen LogP contribution in [0.3, 0.4) is 0 Å². The molecule has 0 saturated carbocycles. The highest BCUT2D eigenvalue weighted by Gasteiger charge is 2.10. The van der Waals surface area contributed by atoms with Gasteiger partial charge in [-0.1, -0.05) is 6.42 Å². The molecule has 0 fully saturated rings. The van der Waals surface area contributed by atoms with Crippen LogP contribution in [0, 0.1) is 13.8 Å². The Kier molecular flexibility index (Phi) is 7.83. The third kappa shape index (κ3) is 5.31.